The monoisotopic (exact) mass is 351 g/mol. The highest BCUT2D eigenvalue weighted by Crippen LogP contribution is 2.31. The van der Waals surface area contributed by atoms with E-state index in [9.17, 15) is 21.6 Å². The fourth-order valence-electron chi connectivity index (χ4n) is 2.18. The van der Waals surface area contributed by atoms with E-state index in [-0.39, 0.29) is 17.4 Å². The van der Waals surface area contributed by atoms with E-state index in [1.165, 1.54) is 18.1 Å². The van der Waals surface area contributed by atoms with Crippen LogP contribution in [0.25, 0.3) is 0 Å². The van der Waals surface area contributed by atoms with E-state index in [1.54, 1.807) is 13.8 Å². The molecule has 2 aromatic rings. The lowest BCUT2D eigenvalue weighted by Gasteiger charge is -2.10. The van der Waals surface area contributed by atoms with Gasteiger partial charge in [0.1, 0.15) is 17.9 Å². The molecule has 0 spiro atoms. The summed E-state index contributed by atoms with van der Waals surface area (Å²) < 4.78 is 65.5. The van der Waals surface area contributed by atoms with Crippen LogP contribution in [0.2, 0.25) is 0 Å². The van der Waals surface area contributed by atoms with Crippen LogP contribution < -0.4 is 0 Å². The normalized spacial score (nSPS) is 13.0. The van der Waals surface area contributed by atoms with E-state index in [2.05, 4.69) is 15.2 Å². The number of alkyl halides is 3. The van der Waals surface area contributed by atoms with Gasteiger partial charge in [-0.15, -0.1) is 0 Å². The third-order valence-corrected chi connectivity index (χ3v) is 4.48. The summed E-state index contributed by atoms with van der Waals surface area (Å²) in [6.07, 6.45) is -2.42. The Morgan fingerprint density at radius 3 is 2.48 bits per heavy atom. The molecule has 7 nitrogen and oxygen atoms in total. The van der Waals surface area contributed by atoms with Crippen LogP contribution in [0, 0.1) is 0 Å². The number of aryl methyl sites for hydroxylation is 1. The second kappa shape index (κ2) is 5.95. The van der Waals surface area contributed by atoms with Crippen LogP contribution >= 0.6 is 0 Å². The zero-order chi connectivity index (χ0) is 17.4. The Labute approximate surface area is 131 Å². The summed E-state index contributed by atoms with van der Waals surface area (Å²) in [7, 11) is -2.55. The molecular formula is C12H16F3N5O2S. The van der Waals surface area contributed by atoms with E-state index in [0.29, 0.717) is 0 Å². The molecule has 0 aliphatic carbocycles. The molecule has 0 bridgehead atoms. The highest BCUT2D eigenvalue weighted by atomic mass is 32.2. The van der Waals surface area contributed by atoms with Gasteiger partial charge in [-0.05, 0) is 13.8 Å². The van der Waals surface area contributed by atoms with Crippen molar-refractivity contribution in [1.82, 2.24) is 24.5 Å². The van der Waals surface area contributed by atoms with E-state index in [4.69, 9.17) is 0 Å². The van der Waals surface area contributed by atoms with Gasteiger partial charge in [-0.3, -0.25) is 4.68 Å². The molecule has 0 saturated heterocycles. The molecule has 2 heterocycles. The minimum atomic E-state index is -4.70. The molecule has 128 valence electrons. The molecule has 0 N–H and O–H groups in total. The molecule has 0 unspecified atom stereocenters. The number of hydrogen-bond donors (Lipinski definition) is 0. The van der Waals surface area contributed by atoms with Crippen molar-refractivity contribution in [2.45, 2.75) is 37.6 Å². The molecule has 0 aliphatic rings. The van der Waals surface area contributed by atoms with E-state index >= 15 is 0 Å². The van der Waals surface area contributed by atoms with Crippen molar-refractivity contribution in [2.24, 2.45) is 7.05 Å². The Bertz CT molecular complexity index is 792. The topological polar surface area (TPSA) is 82.7 Å². The number of hydrogen-bond acceptors (Lipinski definition) is 5. The molecule has 0 saturated carbocycles. The quantitative estimate of drug-likeness (QED) is 0.819. The maximum absolute atomic E-state index is 12.9. The zero-order valence-electron chi connectivity index (χ0n) is 12.7. The first kappa shape index (κ1) is 17.4. The van der Waals surface area contributed by atoms with Crippen LogP contribution in [0.5, 0.6) is 0 Å². The maximum atomic E-state index is 12.9. The van der Waals surface area contributed by atoms with Gasteiger partial charge in [0, 0.05) is 24.8 Å². The van der Waals surface area contributed by atoms with Crippen molar-refractivity contribution in [3.05, 3.63) is 29.6 Å². The number of nitrogens with zero attached hydrogens (tertiary/aromatic N) is 5. The van der Waals surface area contributed by atoms with E-state index in [1.807, 2.05) is 0 Å². The van der Waals surface area contributed by atoms with Crippen molar-refractivity contribution < 1.29 is 21.6 Å². The molecule has 0 radical (unpaired) electrons. The maximum Gasteiger partial charge on any atom is 0.435 e. The second-order valence-corrected chi connectivity index (χ2v) is 7.49. The molecule has 23 heavy (non-hydrogen) atoms. The fraction of sp³-hybridized carbons (Fsp3) is 0.583. The minimum Gasteiger partial charge on any atom is -0.275 e. The first-order chi connectivity index (χ1) is 10.5. The van der Waals surface area contributed by atoms with Gasteiger partial charge in [0.15, 0.2) is 15.5 Å². The first-order valence-electron chi connectivity index (χ1n) is 6.68. The largest absolute Gasteiger partial charge is 0.435 e. The number of sulfone groups is 1. The van der Waals surface area contributed by atoms with Gasteiger partial charge in [-0.2, -0.15) is 23.4 Å². The highest BCUT2D eigenvalue weighted by Gasteiger charge is 2.38. The Morgan fingerprint density at radius 2 is 1.91 bits per heavy atom. The van der Waals surface area contributed by atoms with Crippen LogP contribution in [-0.4, -0.2) is 33.0 Å². The molecule has 0 aromatic carbocycles. The average molecular weight is 351 g/mol. The van der Waals surface area contributed by atoms with E-state index < -0.39 is 33.2 Å². The third-order valence-electron chi connectivity index (χ3n) is 3.03. The Kier molecular flexibility index (Phi) is 4.51. The molecule has 0 amide bonds. The summed E-state index contributed by atoms with van der Waals surface area (Å²) in [6.45, 7) is 3.60. The Hall–Kier alpha value is -1.91. The number of aromatic nitrogens is 5. The minimum absolute atomic E-state index is 0.105. The average Bonchev–Trinajstić information content (AvgIpc) is 2.94. The van der Waals surface area contributed by atoms with Crippen LogP contribution in [0.3, 0.4) is 0 Å². The van der Waals surface area contributed by atoms with Gasteiger partial charge < -0.3 is 0 Å². The molecule has 0 atom stereocenters. The van der Waals surface area contributed by atoms with Crippen LogP contribution in [0.1, 0.15) is 37.0 Å². The van der Waals surface area contributed by atoms with Crippen molar-refractivity contribution in [3.63, 3.8) is 0 Å². The second-order valence-electron chi connectivity index (χ2n) is 5.42. The molecule has 0 fully saturated rings. The Morgan fingerprint density at radius 1 is 1.26 bits per heavy atom. The Balaban J connectivity index is 2.27. The lowest BCUT2D eigenvalue weighted by Crippen LogP contribution is -2.16. The zero-order valence-corrected chi connectivity index (χ0v) is 13.6. The molecular weight excluding hydrogens is 335 g/mol. The van der Waals surface area contributed by atoms with E-state index in [0.717, 1.165) is 10.9 Å². The summed E-state index contributed by atoms with van der Waals surface area (Å²) in [5, 5.41) is 7.22. The first-order valence-corrected chi connectivity index (χ1v) is 8.50. The number of halogens is 3. The molecule has 0 aliphatic heterocycles. The molecule has 2 aromatic heterocycles. The van der Waals surface area contributed by atoms with Crippen molar-refractivity contribution >= 4 is 9.84 Å². The summed E-state index contributed by atoms with van der Waals surface area (Å²) in [5.41, 5.74) is -1.57. The van der Waals surface area contributed by atoms with Gasteiger partial charge in [0.25, 0.3) is 0 Å². The summed E-state index contributed by atoms with van der Waals surface area (Å²) in [6, 6.07) is -0.105. The summed E-state index contributed by atoms with van der Waals surface area (Å²) >= 11 is 0. The predicted molar refractivity (Wildman–Crippen MR) is 74.9 cm³/mol. The SMILES string of the molecule is CC(C)n1ncnc1CS(=O)(=O)Cc1cn(C)nc1C(F)(F)F. The smallest absolute Gasteiger partial charge is 0.275 e. The fourth-order valence-corrected chi connectivity index (χ4v) is 3.56. The lowest BCUT2D eigenvalue weighted by atomic mass is 10.3. The highest BCUT2D eigenvalue weighted by molar-refractivity contribution is 7.89. The van der Waals surface area contributed by atoms with Crippen LogP contribution in [-0.2, 0) is 34.6 Å². The van der Waals surface area contributed by atoms with Gasteiger partial charge >= 0.3 is 6.18 Å². The van der Waals surface area contributed by atoms with Crippen LogP contribution in [0.15, 0.2) is 12.5 Å². The van der Waals surface area contributed by atoms with Gasteiger partial charge in [0.05, 0.1) is 5.75 Å². The number of rotatable bonds is 5. The third kappa shape index (κ3) is 4.09. The van der Waals surface area contributed by atoms with Gasteiger partial charge in [0.2, 0.25) is 0 Å². The van der Waals surface area contributed by atoms with Crippen molar-refractivity contribution in [3.8, 4) is 0 Å². The van der Waals surface area contributed by atoms with Gasteiger partial charge in [-0.1, -0.05) is 0 Å². The standard InChI is InChI=1S/C12H16F3N5O2S/c1-8(2)20-10(16-7-17-20)6-23(21,22)5-9-4-19(3)18-11(9)12(13,14)15/h4,7-8H,5-6H2,1-3H3. The van der Waals surface area contributed by atoms with Crippen molar-refractivity contribution in [1.29, 1.82) is 0 Å². The predicted octanol–water partition coefficient (Wildman–Crippen LogP) is 1.73. The van der Waals surface area contributed by atoms with Crippen LogP contribution in [0.4, 0.5) is 13.2 Å². The van der Waals surface area contributed by atoms with Gasteiger partial charge in [-0.25, -0.2) is 18.1 Å². The lowest BCUT2D eigenvalue weighted by molar-refractivity contribution is -0.141. The summed E-state index contributed by atoms with van der Waals surface area (Å²) in [4.78, 5) is 3.87. The molecule has 2 rings (SSSR count). The summed E-state index contributed by atoms with van der Waals surface area (Å²) in [5.74, 6) is -1.06. The van der Waals surface area contributed by atoms with Crippen molar-refractivity contribution in [2.75, 3.05) is 0 Å². The molecule has 11 heteroatoms.